The van der Waals surface area contributed by atoms with Gasteiger partial charge in [-0.2, -0.15) is 0 Å². The van der Waals surface area contributed by atoms with E-state index in [-0.39, 0.29) is 5.12 Å². The van der Waals surface area contributed by atoms with Crippen LogP contribution in [0.4, 0.5) is 0 Å². The number of carbonyl (C=O) groups excluding carboxylic acids is 1. The maximum atomic E-state index is 11.4. The molecule has 5 nitrogen and oxygen atoms in total. The van der Waals surface area contributed by atoms with Gasteiger partial charge in [-0.3, -0.25) is 9.78 Å². The lowest BCUT2D eigenvalue weighted by atomic mass is 9.78. The molecule has 0 aliphatic carbocycles. The number of nitrogens with zero attached hydrogens (tertiary/aromatic N) is 1. The second-order valence-corrected chi connectivity index (χ2v) is 7.86. The number of ether oxygens (including phenoxy) is 1. The first-order valence-corrected chi connectivity index (χ1v) is 8.83. The Hall–Kier alpha value is -1.31. The zero-order valence-corrected chi connectivity index (χ0v) is 15.9. The first-order chi connectivity index (χ1) is 11.1. The van der Waals surface area contributed by atoms with Crippen molar-refractivity contribution in [2.45, 2.75) is 45.8 Å². The molecule has 0 radical (unpaired) electrons. The summed E-state index contributed by atoms with van der Waals surface area (Å²) in [4.78, 5) is 15.7. The second kappa shape index (κ2) is 7.29. The van der Waals surface area contributed by atoms with E-state index in [1.54, 1.807) is 20.2 Å². The molecule has 7 heteroatoms. The van der Waals surface area contributed by atoms with Crippen LogP contribution in [0.3, 0.4) is 0 Å². The zero-order valence-electron chi connectivity index (χ0n) is 15.1. The SMILES string of the molecule is COc1ccc(C=C(CSC(C)=O)B2OC(C)(C)C(C)(C)O2)nc1. The average molecular weight is 349 g/mol. The monoisotopic (exact) mass is 349 g/mol. The summed E-state index contributed by atoms with van der Waals surface area (Å²) < 4.78 is 17.3. The lowest BCUT2D eigenvalue weighted by molar-refractivity contribution is -0.109. The normalized spacial score (nSPS) is 19.4. The van der Waals surface area contributed by atoms with Crippen molar-refractivity contribution in [3.63, 3.8) is 0 Å². The van der Waals surface area contributed by atoms with Gasteiger partial charge in [0, 0.05) is 12.7 Å². The molecule has 1 aliphatic heterocycles. The summed E-state index contributed by atoms with van der Waals surface area (Å²) in [5.41, 5.74) is 0.798. The number of rotatable bonds is 5. The zero-order chi connectivity index (χ0) is 18.0. The van der Waals surface area contributed by atoms with E-state index in [1.807, 2.05) is 45.9 Å². The van der Waals surface area contributed by atoms with Gasteiger partial charge >= 0.3 is 7.12 Å². The largest absolute Gasteiger partial charge is 0.495 e. The molecule has 0 N–H and O–H groups in total. The molecule has 0 atom stereocenters. The van der Waals surface area contributed by atoms with Crippen LogP contribution in [0.5, 0.6) is 5.75 Å². The molecular formula is C17H24BNO4S. The molecule has 0 saturated carbocycles. The Bertz CT molecular complexity index is 612. The smallest absolute Gasteiger partial charge is 0.491 e. The molecule has 0 bridgehead atoms. The number of thioether (sulfide) groups is 1. The van der Waals surface area contributed by atoms with Crippen LogP contribution in [0, 0.1) is 0 Å². The highest BCUT2D eigenvalue weighted by molar-refractivity contribution is 8.13. The van der Waals surface area contributed by atoms with Crippen molar-refractivity contribution in [2.24, 2.45) is 0 Å². The van der Waals surface area contributed by atoms with Gasteiger partial charge in [0.15, 0.2) is 5.12 Å². The first kappa shape index (κ1) is 19.0. The molecule has 2 heterocycles. The van der Waals surface area contributed by atoms with Crippen LogP contribution < -0.4 is 4.74 Å². The minimum absolute atomic E-state index is 0.0557. The molecule has 0 amide bonds. The Morgan fingerprint density at radius 1 is 1.29 bits per heavy atom. The van der Waals surface area contributed by atoms with Gasteiger partial charge in [-0.15, -0.1) is 0 Å². The van der Waals surface area contributed by atoms with Crippen LogP contribution in [-0.2, 0) is 14.1 Å². The summed E-state index contributed by atoms with van der Waals surface area (Å²) in [5.74, 6) is 1.20. The molecule has 1 aliphatic rings. The molecule has 2 rings (SSSR count). The van der Waals surface area contributed by atoms with Crippen molar-refractivity contribution >= 4 is 30.1 Å². The van der Waals surface area contributed by atoms with E-state index >= 15 is 0 Å². The third kappa shape index (κ3) is 4.40. The molecule has 1 fully saturated rings. The van der Waals surface area contributed by atoms with Crippen molar-refractivity contribution in [2.75, 3.05) is 12.9 Å². The third-order valence-electron chi connectivity index (χ3n) is 4.33. The molecule has 130 valence electrons. The van der Waals surface area contributed by atoms with Gasteiger partial charge in [-0.1, -0.05) is 11.8 Å². The van der Waals surface area contributed by atoms with E-state index in [0.717, 1.165) is 11.2 Å². The van der Waals surface area contributed by atoms with Gasteiger partial charge in [0.25, 0.3) is 0 Å². The van der Waals surface area contributed by atoms with Crippen molar-refractivity contribution in [1.29, 1.82) is 0 Å². The van der Waals surface area contributed by atoms with Crippen molar-refractivity contribution in [3.05, 3.63) is 29.5 Å². The predicted molar refractivity (Wildman–Crippen MR) is 98.0 cm³/mol. The van der Waals surface area contributed by atoms with Crippen molar-refractivity contribution in [1.82, 2.24) is 4.98 Å². The molecule has 1 aromatic rings. The predicted octanol–water partition coefficient (Wildman–Crippen LogP) is 3.38. The second-order valence-electron chi connectivity index (χ2n) is 6.71. The van der Waals surface area contributed by atoms with Crippen LogP contribution in [0.2, 0.25) is 0 Å². The summed E-state index contributed by atoms with van der Waals surface area (Å²) in [7, 11) is 1.11. The maximum Gasteiger partial charge on any atom is 0.491 e. The Morgan fingerprint density at radius 3 is 2.38 bits per heavy atom. The van der Waals surface area contributed by atoms with E-state index in [0.29, 0.717) is 11.5 Å². The van der Waals surface area contributed by atoms with Crippen molar-refractivity contribution < 1.29 is 18.8 Å². The quantitative estimate of drug-likeness (QED) is 0.760. The fourth-order valence-corrected chi connectivity index (χ4v) is 2.73. The summed E-state index contributed by atoms with van der Waals surface area (Å²) in [6, 6.07) is 3.71. The average Bonchev–Trinajstić information content (AvgIpc) is 2.72. The van der Waals surface area contributed by atoms with Gasteiger partial charge in [0.05, 0.1) is 30.2 Å². The Morgan fingerprint density at radius 2 is 1.92 bits per heavy atom. The number of hydrogen-bond acceptors (Lipinski definition) is 6. The van der Waals surface area contributed by atoms with E-state index in [1.165, 1.54) is 11.8 Å². The highest BCUT2D eigenvalue weighted by Gasteiger charge is 2.52. The molecular weight excluding hydrogens is 325 g/mol. The number of pyridine rings is 1. The number of methoxy groups -OCH3 is 1. The number of hydrogen-bond donors (Lipinski definition) is 0. The van der Waals surface area contributed by atoms with Gasteiger partial charge in [0.2, 0.25) is 0 Å². The van der Waals surface area contributed by atoms with Gasteiger partial charge in [0.1, 0.15) is 5.75 Å². The van der Waals surface area contributed by atoms with E-state index in [2.05, 4.69) is 4.98 Å². The van der Waals surface area contributed by atoms with Crippen LogP contribution in [0.25, 0.3) is 6.08 Å². The molecule has 0 unspecified atom stereocenters. The number of aromatic nitrogens is 1. The maximum absolute atomic E-state index is 11.4. The van der Waals surface area contributed by atoms with Crippen molar-refractivity contribution in [3.8, 4) is 5.75 Å². The summed E-state index contributed by atoms with van der Waals surface area (Å²) in [6.45, 7) is 9.59. The van der Waals surface area contributed by atoms with E-state index in [9.17, 15) is 4.79 Å². The Labute approximate surface area is 148 Å². The standard InChI is InChI=1S/C17H24BNO4S/c1-12(20)24-11-13(9-14-7-8-15(21-6)10-19-14)18-22-16(2,3)17(4,5)23-18/h7-10H,11H2,1-6H3. The molecule has 0 aromatic carbocycles. The molecule has 24 heavy (non-hydrogen) atoms. The number of carbonyl (C=O) groups is 1. The lowest BCUT2D eigenvalue weighted by Gasteiger charge is -2.32. The fourth-order valence-electron chi connectivity index (χ4n) is 2.14. The van der Waals surface area contributed by atoms with Crippen LogP contribution in [0.15, 0.2) is 23.8 Å². The summed E-state index contributed by atoms with van der Waals surface area (Å²) >= 11 is 1.23. The molecule has 1 aromatic heterocycles. The van der Waals surface area contributed by atoms with Crippen LogP contribution in [0.1, 0.15) is 40.3 Å². The van der Waals surface area contributed by atoms with Gasteiger partial charge < -0.3 is 14.0 Å². The third-order valence-corrected chi connectivity index (χ3v) is 5.21. The minimum Gasteiger partial charge on any atom is -0.495 e. The highest BCUT2D eigenvalue weighted by atomic mass is 32.2. The Kier molecular flexibility index (Phi) is 5.78. The minimum atomic E-state index is -0.495. The van der Waals surface area contributed by atoms with Gasteiger partial charge in [-0.25, -0.2) is 0 Å². The topological polar surface area (TPSA) is 57.7 Å². The van der Waals surface area contributed by atoms with Crippen LogP contribution >= 0.6 is 11.8 Å². The molecule has 1 saturated heterocycles. The van der Waals surface area contributed by atoms with Crippen LogP contribution in [-0.4, -0.2) is 41.3 Å². The first-order valence-electron chi connectivity index (χ1n) is 7.84. The highest BCUT2D eigenvalue weighted by Crippen LogP contribution is 2.39. The molecule has 0 spiro atoms. The fraction of sp³-hybridized carbons (Fsp3) is 0.529. The van der Waals surface area contributed by atoms with Gasteiger partial charge in [-0.05, 0) is 51.4 Å². The van der Waals surface area contributed by atoms with E-state index < -0.39 is 18.3 Å². The Balaban J connectivity index is 2.27. The summed E-state index contributed by atoms with van der Waals surface area (Å²) in [5, 5.41) is 0.0557. The lowest BCUT2D eigenvalue weighted by Crippen LogP contribution is -2.41. The van der Waals surface area contributed by atoms with E-state index in [4.69, 9.17) is 14.0 Å². The summed E-state index contributed by atoms with van der Waals surface area (Å²) in [6.07, 6.45) is 3.57.